The van der Waals surface area contributed by atoms with E-state index in [1.54, 1.807) is 13.2 Å². The molecule has 1 fully saturated rings. The highest BCUT2D eigenvalue weighted by Crippen LogP contribution is 2.28. The molecule has 1 aliphatic rings. The molecule has 1 N–H and O–H groups in total. The molecule has 1 aliphatic heterocycles. The van der Waals surface area contributed by atoms with E-state index in [-0.39, 0.29) is 11.5 Å². The van der Waals surface area contributed by atoms with Crippen LogP contribution in [0.1, 0.15) is 31.3 Å². The number of piperazine rings is 1. The lowest BCUT2D eigenvalue weighted by molar-refractivity contribution is 0.243. The molecule has 3 heterocycles. The summed E-state index contributed by atoms with van der Waals surface area (Å²) >= 11 is 0. The van der Waals surface area contributed by atoms with Gasteiger partial charge in [-0.05, 0) is 18.1 Å². The molecular formula is C20H26N6O2. The predicted molar refractivity (Wildman–Crippen MR) is 108 cm³/mol. The number of fused-ring (bicyclic) bond motifs is 1. The van der Waals surface area contributed by atoms with Crippen molar-refractivity contribution in [1.29, 1.82) is 0 Å². The standard InChI is InChI=1S/C20H26N6O2/c1-14(2)15-12-19(27)26-20(21-15)22-18(23-26)13-24-8-10-25(11-9-24)16-6-4-5-7-17(16)28-3/h4-7,12,14H,8-11,13H2,1-3H3,(H,21,22,23). The van der Waals surface area contributed by atoms with Gasteiger partial charge in [-0.15, -0.1) is 0 Å². The van der Waals surface area contributed by atoms with Gasteiger partial charge >= 0.3 is 0 Å². The van der Waals surface area contributed by atoms with Gasteiger partial charge in [0.2, 0.25) is 0 Å². The zero-order valence-electron chi connectivity index (χ0n) is 16.6. The van der Waals surface area contributed by atoms with Gasteiger partial charge in [0.1, 0.15) is 11.6 Å². The van der Waals surface area contributed by atoms with Crippen molar-refractivity contribution in [3.8, 4) is 5.75 Å². The molecule has 8 heteroatoms. The predicted octanol–water partition coefficient (Wildman–Crippen LogP) is 1.87. The lowest BCUT2D eigenvalue weighted by atomic mass is 10.1. The Morgan fingerprint density at radius 3 is 2.61 bits per heavy atom. The Balaban J connectivity index is 1.45. The lowest BCUT2D eigenvalue weighted by Gasteiger charge is -2.36. The Morgan fingerprint density at radius 2 is 1.89 bits per heavy atom. The molecule has 0 amide bonds. The molecule has 8 nitrogen and oxygen atoms in total. The van der Waals surface area contributed by atoms with E-state index < -0.39 is 0 Å². The van der Waals surface area contributed by atoms with Crippen molar-refractivity contribution in [3.63, 3.8) is 0 Å². The Bertz CT molecular complexity index is 1020. The van der Waals surface area contributed by atoms with Crippen molar-refractivity contribution in [1.82, 2.24) is 24.5 Å². The van der Waals surface area contributed by atoms with Gasteiger partial charge in [0.15, 0.2) is 0 Å². The van der Waals surface area contributed by atoms with Crippen molar-refractivity contribution in [2.24, 2.45) is 0 Å². The Labute approximate surface area is 163 Å². The van der Waals surface area contributed by atoms with E-state index in [1.165, 1.54) is 4.52 Å². The van der Waals surface area contributed by atoms with Gasteiger partial charge in [-0.25, -0.2) is 4.98 Å². The van der Waals surface area contributed by atoms with Crippen LogP contribution >= 0.6 is 0 Å². The number of nitrogens with zero attached hydrogens (tertiary/aromatic N) is 5. The largest absolute Gasteiger partial charge is 0.495 e. The second kappa shape index (κ2) is 7.63. The fraction of sp³-hybridized carbons (Fsp3) is 0.450. The third-order valence-corrected chi connectivity index (χ3v) is 5.16. The Hall–Kier alpha value is -2.87. The van der Waals surface area contributed by atoms with Crippen LogP contribution < -0.4 is 15.2 Å². The quantitative estimate of drug-likeness (QED) is 0.726. The van der Waals surface area contributed by atoms with Crippen LogP contribution in [0.5, 0.6) is 5.75 Å². The lowest BCUT2D eigenvalue weighted by Crippen LogP contribution is -2.46. The number of benzene rings is 1. The van der Waals surface area contributed by atoms with Crippen molar-refractivity contribution in [2.45, 2.75) is 26.3 Å². The van der Waals surface area contributed by atoms with E-state index in [4.69, 9.17) is 4.74 Å². The second-order valence-corrected chi connectivity index (χ2v) is 7.41. The molecule has 0 bridgehead atoms. The maximum Gasteiger partial charge on any atom is 0.274 e. The fourth-order valence-electron chi connectivity index (χ4n) is 3.56. The maximum atomic E-state index is 12.3. The summed E-state index contributed by atoms with van der Waals surface area (Å²) in [5, 5.41) is 3.09. The van der Waals surface area contributed by atoms with Gasteiger partial charge in [0.25, 0.3) is 11.3 Å². The Kier molecular flexibility index (Phi) is 5.04. The van der Waals surface area contributed by atoms with E-state index in [2.05, 4.69) is 30.9 Å². The Morgan fingerprint density at radius 1 is 1.14 bits per heavy atom. The molecule has 1 saturated heterocycles. The number of rotatable bonds is 5. The van der Waals surface area contributed by atoms with Crippen LogP contribution in [0.2, 0.25) is 0 Å². The van der Waals surface area contributed by atoms with Crippen LogP contribution in [-0.2, 0) is 6.54 Å². The van der Waals surface area contributed by atoms with E-state index in [0.29, 0.717) is 12.3 Å². The number of aromatic nitrogens is 4. The summed E-state index contributed by atoms with van der Waals surface area (Å²) in [4.78, 5) is 26.0. The summed E-state index contributed by atoms with van der Waals surface area (Å²) in [6, 6.07) is 9.69. The minimum absolute atomic E-state index is 0.117. The average Bonchev–Trinajstić information content (AvgIpc) is 3.11. The number of anilines is 1. The summed E-state index contributed by atoms with van der Waals surface area (Å²) in [5.74, 6) is 2.30. The minimum Gasteiger partial charge on any atom is -0.495 e. The molecule has 0 unspecified atom stereocenters. The van der Waals surface area contributed by atoms with Gasteiger partial charge in [-0.2, -0.15) is 9.50 Å². The maximum absolute atomic E-state index is 12.3. The van der Waals surface area contributed by atoms with Crippen LogP contribution in [0, 0.1) is 0 Å². The molecule has 4 rings (SSSR count). The molecule has 148 valence electrons. The van der Waals surface area contributed by atoms with Crippen molar-refractivity contribution >= 4 is 11.5 Å². The average molecular weight is 382 g/mol. The van der Waals surface area contributed by atoms with Crippen LogP contribution in [0.15, 0.2) is 35.1 Å². The van der Waals surface area contributed by atoms with E-state index in [1.807, 2.05) is 32.0 Å². The summed E-state index contributed by atoms with van der Waals surface area (Å²) < 4.78 is 6.91. The monoisotopic (exact) mass is 382 g/mol. The number of nitrogens with one attached hydrogen (secondary N) is 1. The van der Waals surface area contributed by atoms with E-state index in [0.717, 1.165) is 49.1 Å². The number of methoxy groups -OCH3 is 1. The van der Waals surface area contributed by atoms with Gasteiger partial charge in [-0.3, -0.25) is 14.8 Å². The molecule has 0 aliphatic carbocycles. The first-order chi connectivity index (χ1) is 13.5. The third kappa shape index (κ3) is 3.60. The first kappa shape index (κ1) is 18.5. The molecule has 0 radical (unpaired) electrons. The van der Waals surface area contributed by atoms with E-state index in [9.17, 15) is 4.79 Å². The molecule has 0 saturated carbocycles. The highest BCUT2D eigenvalue weighted by Gasteiger charge is 2.21. The van der Waals surface area contributed by atoms with Crippen molar-refractivity contribution < 1.29 is 4.74 Å². The molecule has 28 heavy (non-hydrogen) atoms. The first-order valence-electron chi connectivity index (χ1n) is 9.64. The van der Waals surface area contributed by atoms with Crippen LogP contribution in [0.25, 0.3) is 5.78 Å². The normalized spacial score (nSPS) is 15.5. The highest BCUT2D eigenvalue weighted by atomic mass is 16.5. The molecule has 2 aromatic heterocycles. The van der Waals surface area contributed by atoms with Gasteiger partial charge in [0, 0.05) is 32.2 Å². The van der Waals surface area contributed by atoms with Crippen LogP contribution in [-0.4, -0.2) is 57.8 Å². The smallest absolute Gasteiger partial charge is 0.274 e. The molecule has 0 spiro atoms. The van der Waals surface area contributed by atoms with Crippen LogP contribution in [0.4, 0.5) is 5.69 Å². The van der Waals surface area contributed by atoms with Crippen LogP contribution in [0.3, 0.4) is 0 Å². The number of aromatic amines is 1. The zero-order chi connectivity index (χ0) is 19.7. The number of hydrogen-bond donors (Lipinski definition) is 1. The minimum atomic E-state index is -0.117. The molecule has 1 aromatic carbocycles. The van der Waals surface area contributed by atoms with Crippen molar-refractivity contribution in [2.75, 3.05) is 38.2 Å². The summed E-state index contributed by atoms with van der Waals surface area (Å²) in [5.41, 5.74) is 1.78. The number of hydrogen-bond acceptors (Lipinski definition) is 6. The van der Waals surface area contributed by atoms with E-state index >= 15 is 0 Å². The summed E-state index contributed by atoms with van der Waals surface area (Å²) in [7, 11) is 1.71. The number of para-hydroxylation sites is 2. The first-order valence-corrected chi connectivity index (χ1v) is 9.64. The van der Waals surface area contributed by atoms with Gasteiger partial charge in [0.05, 0.1) is 25.0 Å². The SMILES string of the molecule is COc1ccccc1N1CCN(Cc2nc3nc(C(C)C)cc(=O)n3[nH]2)CC1. The third-order valence-electron chi connectivity index (χ3n) is 5.16. The summed E-state index contributed by atoms with van der Waals surface area (Å²) in [6.45, 7) is 8.36. The number of H-pyrrole nitrogens is 1. The zero-order valence-corrected chi connectivity index (χ0v) is 16.6. The fourth-order valence-corrected chi connectivity index (χ4v) is 3.56. The van der Waals surface area contributed by atoms with Gasteiger partial charge in [-0.1, -0.05) is 26.0 Å². The molecular weight excluding hydrogens is 356 g/mol. The molecule has 0 atom stereocenters. The van der Waals surface area contributed by atoms with Crippen molar-refractivity contribution in [3.05, 3.63) is 52.2 Å². The second-order valence-electron chi connectivity index (χ2n) is 7.41. The molecule has 3 aromatic rings. The highest BCUT2D eigenvalue weighted by molar-refractivity contribution is 5.58. The number of ether oxygens (including phenoxy) is 1. The van der Waals surface area contributed by atoms with Gasteiger partial charge < -0.3 is 9.64 Å². The summed E-state index contributed by atoms with van der Waals surface area (Å²) in [6.07, 6.45) is 0. The topological polar surface area (TPSA) is 78.8 Å².